The molecule has 1 fully saturated rings. The van der Waals surface area contributed by atoms with Crippen LogP contribution < -0.4 is 5.32 Å². The first-order valence-corrected chi connectivity index (χ1v) is 7.27. The number of nitrogens with one attached hydrogen (secondary N) is 1. The first kappa shape index (κ1) is 15.0. The molecule has 1 aliphatic rings. The van der Waals surface area contributed by atoms with E-state index < -0.39 is 0 Å². The Morgan fingerprint density at radius 2 is 2.10 bits per heavy atom. The molecule has 0 spiro atoms. The smallest absolute Gasteiger partial charge is 0.234 e. The second-order valence-corrected chi connectivity index (χ2v) is 5.62. The van der Waals surface area contributed by atoms with Crippen LogP contribution in [0.15, 0.2) is 16.9 Å². The van der Waals surface area contributed by atoms with Crippen molar-refractivity contribution in [2.75, 3.05) is 32.7 Å². The fourth-order valence-electron chi connectivity index (χ4n) is 2.46. The molecule has 1 aliphatic heterocycles. The van der Waals surface area contributed by atoms with Gasteiger partial charge in [-0.25, -0.2) is 0 Å². The summed E-state index contributed by atoms with van der Waals surface area (Å²) in [6.07, 6.45) is 2.68. The quantitative estimate of drug-likeness (QED) is 0.860. The van der Waals surface area contributed by atoms with Crippen LogP contribution in [0.4, 0.5) is 0 Å². The lowest BCUT2D eigenvalue weighted by molar-refractivity contribution is -0.122. The number of carbonyl (C=O) groups is 1. The number of nitrogens with zero attached hydrogens (tertiary/aromatic N) is 3. The van der Waals surface area contributed by atoms with Crippen molar-refractivity contribution in [3.8, 4) is 0 Å². The van der Waals surface area contributed by atoms with Crippen molar-refractivity contribution >= 4 is 5.91 Å². The van der Waals surface area contributed by atoms with Crippen molar-refractivity contribution in [3.05, 3.63) is 18.0 Å². The Morgan fingerprint density at radius 3 is 2.80 bits per heavy atom. The minimum absolute atomic E-state index is 0.116. The van der Waals surface area contributed by atoms with Gasteiger partial charge in [0, 0.05) is 31.7 Å². The molecule has 2 rings (SSSR count). The van der Waals surface area contributed by atoms with Gasteiger partial charge in [0.05, 0.1) is 12.2 Å². The third kappa shape index (κ3) is 4.94. The average molecular weight is 280 g/mol. The van der Waals surface area contributed by atoms with E-state index in [0.29, 0.717) is 6.54 Å². The van der Waals surface area contributed by atoms with E-state index in [0.717, 1.165) is 44.8 Å². The fourth-order valence-corrected chi connectivity index (χ4v) is 2.46. The standard InChI is InChI=1S/C14H24N4O2/c1-12(2)15-14(19)11-18-6-3-5-17(7-8-18)10-13-4-9-20-16-13/h4,9,12H,3,5-8,10-11H2,1-2H3,(H,15,19). The van der Waals surface area contributed by atoms with E-state index >= 15 is 0 Å². The lowest BCUT2D eigenvalue weighted by Crippen LogP contribution is -2.41. The number of amides is 1. The molecule has 1 aromatic heterocycles. The van der Waals surface area contributed by atoms with Crippen LogP contribution in [0, 0.1) is 0 Å². The topological polar surface area (TPSA) is 61.6 Å². The lowest BCUT2D eigenvalue weighted by atomic mass is 10.3. The van der Waals surface area contributed by atoms with E-state index in [1.807, 2.05) is 19.9 Å². The average Bonchev–Trinajstić information content (AvgIpc) is 2.77. The zero-order valence-corrected chi connectivity index (χ0v) is 12.3. The van der Waals surface area contributed by atoms with Crippen LogP contribution in [0.2, 0.25) is 0 Å². The SMILES string of the molecule is CC(C)NC(=O)CN1CCCN(Cc2ccon2)CC1. The van der Waals surface area contributed by atoms with E-state index in [-0.39, 0.29) is 11.9 Å². The molecule has 1 saturated heterocycles. The minimum Gasteiger partial charge on any atom is -0.364 e. The van der Waals surface area contributed by atoms with Gasteiger partial charge in [-0.05, 0) is 33.4 Å². The van der Waals surface area contributed by atoms with Crippen molar-refractivity contribution in [1.82, 2.24) is 20.3 Å². The summed E-state index contributed by atoms with van der Waals surface area (Å²) in [5, 5.41) is 6.89. The van der Waals surface area contributed by atoms with Crippen molar-refractivity contribution in [1.29, 1.82) is 0 Å². The Hall–Kier alpha value is -1.40. The first-order valence-electron chi connectivity index (χ1n) is 7.27. The molecule has 0 atom stereocenters. The van der Waals surface area contributed by atoms with Gasteiger partial charge in [-0.1, -0.05) is 5.16 Å². The van der Waals surface area contributed by atoms with Gasteiger partial charge in [-0.2, -0.15) is 0 Å². The van der Waals surface area contributed by atoms with Crippen LogP contribution in [0.3, 0.4) is 0 Å². The Balaban J connectivity index is 1.75. The highest BCUT2D eigenvalue weighted by Gasteiger charge is 2.17. The maximum Gasteiger partial charge on any atom is 0.234 e. The third-order valence-electron chi connectivity index (χ3n) is 3.37. The van der Waals surface area contributed by atoms with E-state index in [1.165, 1.54) is 0 Å². The molecule has 6 heteroatoms. The van der Waals surface area contributed by atoms with Gasteiger partial charge in [-0.15, -0.1) is 0 Å². The maximum atomic E-state index is 11.8. The zero-order chi connectivity index (χ0) is 14.4. The van der Waals surface area contributed by atoms with Crippen LogP contribution in [-0.2, 0) is 11.3 Å². The third-order valence-corrected chi connectivity index (χ3v) is 3.37. The minimum atomic E-state index is 0.116. The molecule has 0 bridgehead atoms. The molecule has 1 N–H and O–H groups in total. The van der Waals surface area contributed by atoms with Gasteiger partial charge < -0.3 is 9.84 Å². The monoisotopic (exact) mass is 280 g/mol. The van der Waals surface area contributed by atoms with Gasteiger partial charge in [0.25, 0.3) is 0 Å². The van der Waals surface area contributed by atoms with Gasteiger partial charge in [-0.3, -0.25) is 14.6 Å². The van der Waals surface area contributed by atoms with Gasteiger partial charge >= 0.3 is 0 Å². The van der Waals surface area contributed by atoms with E-state index in [9.17, 15) is 4.79 Å². The number of rotatable bonds is 5. The fraction of sp³-hybridized carbons (Fsp3) is 0.714. The maximum absolute atomic E-state index is 11.8. The highest BCUT2D eigenvalue weighted by atomic mass is 16.5. The number of aromatic nitrogens is 1. The second kappa shape index (κ2) is 7.40. The highest BCUT2D eigenvalue weighted by molar-refractivity contribution is 5.78. The molecular weight excluding hydrogens is 256 g/mol. The van der Waals surface area contributed by atoms with Crippen molar-refractivity contribution in [2.24, 2.45) is 0 Å². The lowest BCUT2D eigenvalue weighted by Gasteiger charge is -2.21. The summed E-state index contributed by atoms with van der Waals surface area (Å²) in [4.78, 5) is 16.4. The van der Waals surface area contributed by atoms with E-state index in [1.54, 1.807) is 6.26 Å². The molecule has 112 valence electrons. The summed E-state index contributed by atoms with van der Waals surface area (Å²) in [6.45, 7) is 9.18. The van der Waals surface area contributed by atoms with Crippen LogP contribution in [0.25, 0.3) is 0 Å². The molecule has 1 aromatic rings. The highest BCUT2D eigenvalue weighted by Crippen LogP contribution is 2.07. The van der Waals surface area contributed by atoms with Crippen LogP contribution in [0.5, 0.6) is 0 Å². The van der Waals surface area contributed by atoms with Crippen LogP contribution in [0.1, 0.15) is 26.0 Å². The summed E-state index contributed by atoms with van der Waals surface area (Å²) >= 11 is 0. The second-order valence-electron chi connectivity index (χ2n) is 5.62. The van der Waals surface area contributed by atoms with Crippen LogP contribution >= 0.6 is 0 Å². The summed E-state index contributed by atoms with van der Waals surface area (Å²) in [5.41, 5.74) is 0.969. The van der Waals surface area contributed by atoms with Gasteiger partial charge in [0.1, 0.15) is 6.26 Å². The molecule has 0 aromatic carbocycles. The summed E-state index contributed by atoms with van der Waals surface area (Å²) in [5.74, 6) is 0.116. The summed E-state index contributed by atoms with van der Waals surface area (Å²) in [7, 11) is 0. The Bertz CT molecular complexity index is 405. The van der Waals surface area contributed by atoms with Gasteiger partial charge in [0.2, 0.25) is 5.91 Å². The van der Waals surface area contributed by atoms with E-state index in [2.05, 4.69) is 20.3 Å². The molecule has 0 saturated carbocycles. The van der Waals surface area contributed by atoms with Crippen LogP contribution in [-0.4, -0.2) is 59.6 Å². The molecule has 0 aliphatic carbocycles. The van der Waals surface area contributed by atoms with E-state index in [4.69, 9.17) is 4.52 Å². The molecule has 6 nitrogen and oxygen atoms in total. The van der Waals surface area contributed by atoms with Crippen molar-refractivity contribution < 1.29 is 9.32 Å². The Labute approximate surface area is 120 Å². The molecule has 2 heterocycles. The predicted molar refractivity (Wildman–Crippen MR) is 76.1 cm³/mol. The predicted octanol–water partition coefficient (Wildman–Crippen LogP) is 0.707. The van der Waals surface area contributed by atoms with Crippen molar-refractivity contribution in [3.63, 3.8) is 0 Å². The number of hydrogen-bond acceptors (Lipinski definition) is 5. The normalized spacial score (nSPS) is 18.1. The molecular formula is C14H24N4O2. The number of hydrogen-bond donors (Lipinski definition) is 1. The summed E-state index contributed by atoms with van der Waals surface area (Å²) in [6, 6.07) is 2.11. The first-order chi connectivity index (χ1) is 9.63. The Kier molecular flexibility index (Phi) is 5.55. The van der Waals surface area contributed by atoms with Crippen molar-refractivity contribution in [2.45, 2.75) is 32.9 Å². The zero-order valence-electron chi connectivity index (χ0n) is 12.3. The largest absolute Gasteiger partial charge is 0.364 e. The summed E-state index contributed by atoms with van der Waals surface area (Å²) < 4.78 is 4.86. The molecule has 0 unspecified atom stereocenters. The number of carbonyl (C=O) groups excluding carboxylic acids is 1. The molecule has 0 radical (unpaired) electrons. The van der Waals surface area contributed by atoms with Gasteiger partial charge in [0.15, 0.2) is 0 Å². The Morgan fingerprint density at radius 1 is 1.35 bits per heavy atom. The molecule has 20 heavy (non-hydrogen) atoms. The molecule has 1 amide bonds.